The molecule has 2 amide bonds. The van der Waals surface area contributed by atoms with Gasteiger partial charge in [-0.2, -0.15) is 0 Å². The van der Waals surface area contributed by atoms with Gasteiger partial charge in [0.2, 0.25) is 11.8 Å². The molecule has 24 heavy (non-hydrogen) atoms. The summed E-state index contributed by atoms with van der Waals surface area (Å²) in [5.41, 5.74) is 5.86. The first-order valence-electron chi connectivity index (χ1n) is 8.33. The molecule has 2 aliphatic rings. The molecule has 0 saturated carbocycles. The maximum Gasteiger partial charge on any atom is 0.245 e. The van der Waals surface area contributed by atoms with Crippen molar-refractivity contribution in [3.05, 3.63) is 22.4 Å². The molecule has 1 aromatic heterocycles. The lowest BCUT2D eigenvalue weighted by atomic mass is 9.90. The van der Waals surface area contributed by atoms with Crippen molar-refractivity contribution in [2.45, 2.75) is 38.6 Å². The number of carbonyl (C=O) groups excluding carboxylic acids is 2. The predicted octanol–water partition coefficient (Wildman–Crippen LogP) is 1.90. The van der Waals surface area contributed by atoms with E-state index in [1.165, 1.54) is 0 Å². The summed E-state index contributed by atoms with van der Waals surface area (Å²) in [5, 5.41) is 1.98. The summed E-state index contributed by atoms with van der Waals surface area (Å²) in [7, 11) is 0. The minimum absolute atomic E-state index is 0. The molecule has 7 heteroatoms. The van der Waals surface area contributed by atoms with Crippen molar-refractivity contribution in [1.29, 1.82) is 0 Å². The Morgan fingerprint density at radius 1 is 1.42 bits per heavy atom. The highest BCUT2D eigenvalue weighted by Crippen LogP contribution is 2.31. The number of nitrogens with zero attached hydrogens (tertiary/aromatic N) is 2. The first-order valence-corrected chi connectivity index (χ1v) is 9.21. The van der Waals surface area contributed by atoms with Crippen LogP contribution in [0.3, 0.4) is 0 Å². The van der Waals surface area contributed by atoms with Crippen LogP contribution in [0, 0.1) is 5.41 Å². The second-order valence-corrected chi connectivity index (χ2v) is 8.06. The quantitative estimate of drug-likeness (QED) is 0.879. The zero-order valence-corrected chi connectivity index (χ0v) is 15.7. The van der Waals surface area contributed by atoms with Crippen LogP contribution < -0.4 is 5.73 Å². The predicted molar refractivity (Wildman–Crippen MR) is 98.4 cm³/mol. The molecule has 5 nitrogen and oxygen atoms in total. The van der Waals surface area contributed by atoms with E-state index in [9.17, 15) is 9.59 Å². The van der Waals surface area contributed by atoms with Crippen LogP contribution in [0.25, 0.3) is 0 Å². The van der Waals surface area contributed by atoms with E-state index >= 15 is 0 Å². The summed E-state index contributed by atoms with van der Waals surface area (Å²) in [6.45, 7) is 4.90. The second kappa shape index (κ2) is 7.85. The first kappa shape index (κ1) is 19.2. The zero-order valence-electron chi connectivity index (χ0n) is 14.1. The highest BCUT2D eigenvalue weighted by Gasteiger charge is 2.41. The molecule has 0 aliphatic carbocycles. The van der Waals surface area contributed by atoms with Crippen LogP contribution in [-0.2, 0) is 16.0 Å². The fourth-order valence-corrected chi connectivity index (χ4v) is 4.27. The van der Waals surface area contributed by atoms with Gasteiger partial charge in [0.15, 0.2) is 0 Å². The third-order valence-electron chi connectivity index (χ3n) is 5.13. The highest BCUT2D eigenvalue weighted by atomic mass is 35.5. The fraction of sp³-hybridized carbons (Fsp3) is 0.647. The van der Waals surface area contributed by atoms with E-state index in [1.807, 2.05) is 22.4 Å². The Morgan fingerprint density at radius 2 is 2.21 bits per heavy atom. The van der Waals surface area contributed by atoms with E-state index in [1.54, 1.807) is 16.2 Å². The van der Waals surface area contributed by atoms with Gasteiger partial charge in [0, 0.05) is 24.5 Å². The van der Waals surface area contributed by atoms with Crippen LogP contribution in [0.1, 0.15) is 31.1 Å². The topological polar surface area (TPSA) is 66.6 Å². The number of hydrogen-bond donors (Lipinski definition) is 1. The third-order valence-corrected chi connectivity index (χ3v) is 6.00. The molecule has 2 atom stereocenters. The molecule has 2 aliphatic heterocycles. The van der Waals surface area contributed by atoms with E-state index in [0.29, 0.717) is 26.1 Å². The lowest BCUT2D eigenvalue weighted by molar-refractivity contribution is -0.143. The summed E-state index contributed by atoms with van der Waals surface area (Å²) >= 11 is 1.59. The van der Waals surface area contributed by atoms with Crippen LogP contribution in [0.2, 0.25) is 0 Å². The lowest BCUT2D eigenvalue weighted by Crippen LogP contribution is -2.48. The van der Waals surface area contributed by atoms with Crippen LogP contribution in [-0.4, -0.2) is 53.8 Å². The summed E-state index contributed by atoms with van der Waals surface area (Å²) in [6, 6.07) is 3.66. The van der Waals surface area contributed by atoms with Crippen molar-refractivity contribution < 1.29 is 9.59 Å². The zero-order chi connectivity index (χ0) is 16.4. The number of halogens is 1. The van der Waals surface area contributed by atoms with Crippen LogP contribution in [0.5, 0.6) is 0 Å². The molecule has 2 fully saturated rings. The molecular weight excluding hydrogens is 346 g/mol. The van der Waals surface area contributed by atoms with E-state index in [4.69, 9.17) is 5.73 Å². The number of carbonyl (C=O) groups is 2. The first-order chi connectivity index (χ1) is 11.0. The largest absolute Gasteiger partial charge is 0.340 e. The van der Waals surface area contributed by atoms with Gasteiger partial charge in [0.1, 0.15) is 6.04 Å². The molecule has 2 saturated heterocycles. The molecule has 0 aromatic carbocycles. The van der Waals surface area contributed by atoms with Gasteiger partial charge in [-0.3, -0.25) is 9.59 Å². The van der Waals surface area contributed by atoms with Gasteiger partial charge in [-0.25, -0.2) is 0 Å². The molecule has 3 heterocycles. The van der Waals surface area contributed by atoms with Crippen molar-refractivity contribution in [2.75, 3.05) is 26.2 Å². The molecule has 2 N–H and O–H groups in total. The molecule has 3 rings (SSSR count). The van der Waals surface area contributed by atoms with Crippen LogP contribution >= 0.6 is 23.7 Å². The average Bonchev–Trinajstić information content (AvgIpc) is 3.27. The Kier molecular flexibility index (Phi) is 6.28. The van der Waals surface area contributed by atoms with Crippen LogP contribution in [0.4, 0.5) is 0 Å². The van der Waals surface area contributed by atoms with Crippen molar-refractivity contribution in [2.24, 2.45) is 11.1 Å². The van der Waals surface area contributed by atoms with Gasteiger partial charge in [0.25, 0.3) is 0 Å². The second-order valence-electron chi connectivity index (χ2n) is 7.03. The van der Waals surface area contributed by atoms with E-state index in [0.717, 1.165) is 30.7 Å². The summed E-state index contributed by atoms with van der Waals surface area (Å²) in [5.74, 6) is 0.184. The van der Waals surface area contributed by atoms with E-state index < -0.39 is 0 Å². The summed E-state index contributed by atoms with van der Waals surface area (Å²) in [6.07, 6.45) is 3.05. The van der Waals surface area contributed by atoms with Crippen LogP contribution in [0.15, 0.2) is 17.5 Å². The van der Waals surface area contributed by atoms with E-state index in [-0.39, 0.29) is 35.7 Å². The standard InChI is InChI=1S/C17H25N3O2S.ClH/c1-17(11-18)6-8-19(12-17)16(22)14-5-2-7-20(14)15(21)10-13-4-3-9-23-13;/h3-4,9,14H,2,5-8,10-12,18H2,1H3;1H. The van der Waals surface area contributed by atoms with Gasteiger partial charge in [0.05, 0.1) is 6.42 Å². The minimum Gasteiger partial charge on any atom is -0.340 e. The van der Waals surface area contributed by atoms with Gasteiger partial charge in [-0.15, -0.1) is 23.7 Å². The number of hydrogen-bond acceptors (Lipinski definition) is 4. The molecule has 0 bridgehead atoms. The smallest absolute Gasteiger partial charge is 0.245 e. The van der Waals surface area contributed by atoms with E-state index in [2.05, 4.69) is 6.92 Å². The molecule has 134 valence electrons. The third kappa shape index (κ3) is 3.92. The average molecular weight is 372 g/mol. The normalized spacial score (nSPS) is 26.5. The fourth-order valence-electron chi connectivity index (χ4n) is 3.57. The minimum atomic E-state index is -0.275. The monoisotopic (exact) mass is 371 g/mol. The maximum atomic E-state index is 12.9. The Hall–Kier alpha value is -1.11. The molecule has 1 aromatic rings. The molecule has 0 spiro atoms. The van der Waals surface area contributed by atoms with Crippen molar-refractivity contribution in [3.63, 3.8) is 0 Å². The van der Waals surface area contributed by atoms with Crippen molar-refractivity contribution >= 4 is 35.6 Å². The number of nitrogens with two attached hydrogens (primary N) is 1. The Bertz CT molecular complexity index is 580. The summed E-state index contributed by atoms with van der Waals surface area (Å²) < 4.78 is 0. The molecule has 2 unspecified atom stereocenters. The van der Waals surface area contributed by atoms with Gasteiger partial charge < -0.3 is 15.5 Å². The van der Waals surface area contributed by atoms with Gasteiger partial charge in [-0.05, 0) is 42.7 Å². The number of rotatable bonds is 4. The Morgan fingerprint density at radius 3 is 2.83 bits per heavy atom. The number of likely N-dealkylation sites (tertiary alicyclic amines) is 2. The highest BCUT2D eigenvalue weighted by molar-refractivity contribution is 7.10. The Labute approximate surface area is 153 Å². The molecule has 0 radical (unpaired) electrons. The summed E-state index contributed by atoms with van der Waals surface area (Å²) in [4.78, 5) is 30.2. The van der Waals surface area contributed by atoms with Gasteiger partial charge >= 0.3 is 0 Å². The SMILES string of the molecule is CC1(CN)CCN(C(=O)C2CCCN2C(=O)Cc2cccs2)C1.Cl. The van der Waals surface area contributed by atoms with Crippen molar-refractivity contribution in [1.82, 2.24) is 9.80 Å². The number of thiophene rings is 1. The molecular formula is C17H26ClN3O2S. The van der Waals surface area contributed by atoms with Crippen molar-refractivity contribution in [3.8, 4) is 0 Å². The number of amides is 2. The maximum absolute atomic E-state index is 12.9. The Balaban J connectivity index is 0.00000208. The lowest BCUT2D eigenvalue weighted by Gasteiger charge is -2.29. The van der Waals surface area contributed by atoms with Gasteiger partial charge in [-0.1, -0.05) is 13.0 Å².